The Morgan fingerprint density at radius 1 is 1.64 bits per heavy atom. The molecule has 11 heavy (non-hydrogen) atoms. The molecule has 1 saturated carbocycles. The molecule has 1 aliphatic carbocycles. The molecule has 0 bridgehead atoms. The molecule has 1 N–H and O–H groups in total. The van der Waals surface area contributed by atoms with E-state index in [0.717, 1.165) is 12.8 Å². The van der Waals surface area contributed by atoms with Crippen molar-refractivity contribution >= 4 is 17.5 Å². The Morgan fingerprint density at radius 3 is 2.64 bits per heavy atom. The van der Waals surface area contributed by atoms with E-state index in [1.165, 1.54) is 0 Å². The van der Waals surface area contributed by atoms with Gasteiger partial charge in [-0.05, 0) is 12.8 Å². The molecule has 0 aliphatic heterocycles. The Morgan fingerprint density at radius 2 is 2.27 bits per heavy atom. The van der Waals surface area contributed by atoms with Crippen LogP contribution in [0.1, 0.15) is 12.8 Å². The minimum Gasteiger partial charge on any atom is -0.395 e. The van der Waals surface area contributed by atoms with Gasteiger partial charge in [0.15, 0.2) is 0 Å². The van der Waals surface area contributed by atoms with E-state index in [1.807, 2.05) is 0 Å². The topological polar surface area (TPSA) is 40.5 Å². The fraction of sp³-hybridized carbons (Fsp3) is 0.857. The molecule has 0 heterocycles. The van der Waals surface area contributed by atoms with E-state index in [1.54, 1.807) is 4.90 Å². The number of alkyl halides is 1. The van der Waals surface area contributed by atoms with E-state index in [-0.39, 0.29) is 18.4 Å². The van der Waals surface area contributed by atoms with Crippen molar-refractivity contribution in [1.29, 1.82) is 0 Å². The molecule has 0 aromatic carbocycles. The van der Waals surface area contributed by atoms with Gasteiger partial charge in [-0.2, -0.15) is 0 Å². The minimum atomic E-state index is -0.0665. The summed E-state index contributed by atoms with van der Waals surface area (Å²) in [5.74, 6) is -0.0422. The van der Waals surface area contributed by atoms with Gasteiger partial charge in [-0.25, -0.2) is 0 Å². The lowest BCUT2D eigenvalue weighted by Crippen LogP contribution is -2.36. The number of halogens is 1. The third-order valence-electron chi connectivity index (χ3n) is 1.76. The van der Waals surface area contributed by atoms with Gasteiger partial charge in [-0.3, -0.25) is 4.79 Å². The van der Waals surface area contributed by atoms with Crippen LogP contribution >= 0.6 is 11.6 Å². The number of hydrogen-bond donors (Lipinski definition) is 1. The molecule has 0 saturated heterocycles. The highest BCUT2D eigenvalue weighted by atomic mass is 35.5. The van der Waals surface area contributed by atoms with Crippen LogP contribution in [0.4, 0.5) is 0 Å². The van der Waals surface area contributed by atoms with Crippen LogP contribution in [0.25, 0.3) is 0 Å². The fourth-order valence-corrected chi connectivity index (χ4v) is 1.24. The summed E-state index contributed by atoms with van der Waals surface area (Å²) in [5.41, 5.74) is 0. The van der Waals surface area contributed by atoms with Gasteiger partial charge in [0.05, 0.1) is 6.61 Å². The molecule has 0 aromatic heterocycles. The van der Waals surface area contributed by atoms with Crippen LogP contribution < -0.4 is 0 Å². The van der Waals surface area contributed by atoms with E-state index in [2.05, 4.69) is 0 Å². The lowest BCUT2D eigenvalue weighted by atomic mass is 10.4. The van der Waals surface area contributed by atoms with E-state index < -0.39 is 0 Å². The molecule has 1 amide bonds. The summed E-state index contributed by atoms with van der Waals surface area (Å²) in [4.78, 5) is 12.7. The van der Waals surface area contributed by atoms with Crippen molar-refractivity contribution < 1.29 is 9.90 Å². The number of rotatable bonds is 4. The van der Waals surface area contributed by atoms with E-state index in [9.17, 15) is 4.79 Å². The van der Waals surface area contributed by atoms with Gasteiger partial charge < -0.3 is 10.0 Å². The maximum atomic E-state index is 11.1. The first kappa shape index (κ1) is 8.81. The summed E-state index contributed by atoms with van der Waals surface area (Å²) in [7, 11) is 0. The molecule has 0 spiro atoms. The number of amides is 1. The number of nitrogens with zero attached hydrogens (tertiary/aromatic N) is 1. The van der Waals surface area contributed by atoms with Crippen molar-refractivity contribution in [3.8, 4) is 0 Å². The standard InChI is InChI=1S/C7H12ClNO2/c8-5-7(11)9(3-4-10)6-1-2-6/h6,10H,1-5H2. The average molecular weight is 178 g/mol. The Bertz CT molecular complexity index is 147. The normalized spacial score (nSPS) is 16.5. The monoisotopic (exact) mass is 177 g/mol. The Labute approximate surface area is 70.9 Å². The molecule has 0 aromatic rings. The van der Waals surface area contributed by atoms with Gasteiger partial charge in [0.1, 0.15) is 5.88 Å². The fourth-order valence-electron chi connectivity index (χ4n) is 1.08. The zero-order valence-electron chi connectivity index (χ0n) is 6.29. The molecule has 3 nitrogen and oxygen atoms in total. The Kier molecular flexibility index (Phi) is 3.15. The lowest BCUT2D eigenvalue weighted by molar-refractivity contribution is -0.129. The summed E-state index contributed by atoms with van der Waals surface area (Å²) in [6.45, 7) is 0.454. The second-order valence-corrected chi connectivity index (χ2v) is 2.94. The highest BCUT2D eigenvalue weighted by Gasteiger charge is 2.31. The van der Waals surface area contributed by atoms with E-state index in [4.69, 9.17) is 16.7 Å². The molecule has 0 radical (unpaired) electrons. The summed E-state index contributed by atoms with van der Waals surface area (Å²) < 4.78 is 0. The predicted octanol–water partition coefficient (Wildman–Crippen LogP) is 0.208. The van der Waals surface area contributed by atoms with Gasteiger partial charge in [-0.15, -0.1) is 11.6 Å². The lowest BCUT2D eigenvalue weighted by Gasteiger charge is -2.19. The highest BCUT2D eigenvalue weighted by molar-refractivity contribution is 6.27. The number of hydrogen-bond acceptors (Lipinski definition) is 2. The van der Waals surface area contributed by atoms with Crippen molar-refractivity contribution in [2.45, 2.75) is 18.9 Å². The van der Waals surface area contributed by atoms with Gasteiger partial charge in [-0.1, -0.05) is 0 Å². The van der Waals surface area contributed by atoms with Crippen LogP contribution in [0.15, 0.2) is 0 Å². The van der Waals surface area contributed by atoms with Crippen molar-refractivity contribution in [2.75, 3.05) is 19.0 Å². The summed E-state index contributed by atoms with van der Waals surface area (Å²) in [5, 5.41) is 8.62. The van der Waals surface area contributed by atoms with Crippen LogP contribution in [0.3, 0.4) is 0 Å². The molecule has 1 rings (SSSR count). The van der Waals surface area contributed by atoms with Crippen LogP contribution in [-0.4, -0.2) is 41.0 Å². The van der Waals surface area contributed by atoms with Crippen molar-refractivity contribution in [3.63, 3.8) is 0 Å². The van der Waals surface area contributed by atoms with Gasteiger partial charge in [0.25, 0.3) is 0 Å². The van der Waals surface area contributed by atoms with Gasteiger partial charge >= 0.3 is 0 Å². The third kappa shape index (κ3) is 2.34. The van der Waals surface area contributed by atoms with Gasteiger partial charge in [0.2, 0.25) is 5.91 Å². The maximum absolute atomic E-state index is 11.1. The number of aliphatic hydroxyl groups excluding tert-OH is 1. The quantitative estimate of drug-likeness (QED) is 0.624. The molecule has 1 fully saturated rings. The number of aliphatic hydroxyl groups is 1. The summed E-state index contributed by atoms with van der Waals surface area (Å²) >= 11 is 5.38. The predicted molar refractivity (Wildman–Crippen MR) is 42.5 cm³/mol. The summed E-state index contributed by atoms with van der Waals surface area (Å²) in [6, 6.07) is 0.355. The van der Waals surface area contributed by atoms with Crippen LogP contribution in [0.5, 0.6) is 0 Å². The van der Waals surface area contributed by atoms with Crippen molar-refractivity contribution in [2.24, 2.45) is 0 Å². The summed E-state index contributed by atoms with van der Waals surface area (Å²) in [6.07, 6.45) is 2.12. The molecular weight excluding hydrogens is 166 g/mol. The first-order valence-electron chi connectivity index (χ1n) is 3.76. The first-order chi connectivity index (χ1) is 5.29. The molecular formula is C7H12ClNO2. The zero-order valence-corrected chi connectivity index (χ0v) is 7.05. The largest absolute Gasteiger partial charge is 0.395 e. The average Bonchev–Trinajstić information content (AvgIpc) is 2.81. The minimum absolute atomic E-state index is 0.0243. The van der Waals surface area contributed by atoms with Crippen LogP contribution in [0, 0.1) is 0 Å². The van der Waals surface area contributed by atoms with Gasteiger partial charge in [0, 0.05) is 12.6 Å². The number of carbonyl (C=O) groups excluding carboxylic acids is 1. The molecule has 4 heteroatoms. The van der Waals surface area contributed by atoms with E-state index >= 15 is 0 Å². The highest BCUT2D eigenvalue weighted by Crippen LogP contribution is 2.26. The van der Waals surface area contributed by atoms with Crippen molar-refractivity contribution in [1.82, 2.24) is 4.90 Å². The van der Waals surface area contributed by atoms with Crippen molar-refractivity contribution in [3.05, 3.63) is 0 Å². The number of carbonyl (C=O) groups is 1. The second kappa shape index (κ2) is 3.93. The molecule has 1 aliphatic rings. The first-order valence-corrected chi connectivity index (χ1v) is 4.29. The molecule has 0 atom stereocenters. The van der Waals surface area contributed by atoms with Crippen LogP contribution in [-0.2, 0) is 4.79 Å². The third-order valence-corrected chi connectivity index (χ3v) is 1.99. The van der Waals surface area contributed by atoms with Crippen LogP contribution in [0.2, 0.25) is 0 Å². The smallest absolute Gasteiger partial charge is 0.237 e. The zero-order chi connectivity index (χ0) is 8.27. The second-order valence-electron chi connectivity index (χ2n) is 2.68. The Balaban J connectivity index is 2.37. The SMILES string of the molecule is O=C(CCl)N(CCO)C1CC1. The maximum Gasteiger partial charge on any atom is 0.237 e. The molecule has 0 unspecified atom stereocenters. The van der Waals surface area contributed by atoms with E-state index in [0.29, 0.717) is 12.6 Å². The molecule has 64 valence electrons. The Hall–Kier alpha value is -0.280.